The molecule has 0 amide bonds. The van der Waals surface area contributed by atoms with Crippen molar-refractivity contribution in [2.75, 3.05) is 0 Å². The minimum absolute atomic E-state index is 0.0479. The monoisotopic (exact) mass is 532 g/mol. The zero-order chi connectivity index (χ0) is 27.2. The van der Waals surface area contributed by atoms with Gasteiger partial charge >= 0.3 is 12.5 Å². The van der Waals surface area contributed by atoms with Crippen LogP contribution in [0.4, 0.5) is 35.1 Å². The molecule has 0 aliphatic carbocycles. The highest BCUT2D eigenvalue weighted by Crippen LogP contribution is 2.34. The zero-order valence-corrected chi connectivity index (χ0v) is 19.8. The van der Waals surface area contributed by atoms with E-state index in [9.17, 15) is 35.1 Å². The number of aryl methyl sites for hydroxylation is 3. The van der Waals surface area contributed by atoms with Gasteiger partial charge in [-0.15, -0.1) is 13.2 Å². The van der Waals surface area contributed by atoms with Gasteiger partial charge in [0.05, 0.1) is 5.56 Å². The molecule has 3 aromatic carbocycles. The summed E-state index contributed by atoms with van der Waals surface area (Å²) in [5.41, 5.74) is 0.384. The Labute approximate surface area is 208 Å². The molecule has 0 fully saturated rings. The second kappa shape index (κ2) is 11.8. The lowest BCUT2D eigenvalue weighted by molar-refractivity contribution is -0.276. The molecule has 10 heteroatoms. The Morgan fingerprint density at radius 3 is 1.76 bits per heavy atom. The lowest BCUT2D eigenvalue weighted by Crippen LogP contribution is -2.23. The molecule has 0 heterocycles. The standard InChI is InChI=1S/C27H24F8O2/c1-2-3-4-5-18-10-13-21(22(28)14-18)26(31,32)36-20-11-8-17(9-12-20)6-7-19-15-23(29)25(24(30)16-19)37-27(33,34)35/h8-16H,2-7H2,1H3. The molecule has 37 heavy (non-hydrogen) atoms. The van der Waals surface area contributed by atoms with Crippen LogP contribution in [-0.2, 0) is 25.4 Å². The highest BCUT2D eigenvalue weighted by Gasteiger charge is 2.38. The first-order valence-corrected chi connectivity index (χ1v) is 11.6. The third-order valence-corrected chi connectivity index (χ3v) is 5.56. The number of hydrogen-bond donors (Lipinski definition) is 0. The van der Waals surface area contributed by atoms with Gasteiger partial charge in [0.1, 0.15) is 11.6 Å². The van der Waals surface area contributed by atoms with Crippen molar-refractivity contribution in [1.82, 2.24) is 0 Å². The summed E-state index contributed by atoms with van der Waals surface area (Å²) in [5.74, 6) is -5.84. The highest BCUT2D eigenvalue weighted by molar-refractivity contribution is 5.34. The van der Waals surface area contributed by atoms with Gasteiger partial charge in [0.2, 0.25) is 5.75 Å². The predicted octanol–water partition coefficient (Wildman–Crippen LogP) is 8.65. The number of rotatable bonds is 11. The van der Waals surface area contributed by atoms with Crippen LogP contribution >= 0.6 is 0 Å². The van der Waals surface area contributed by atoms with Crippen LogP contribution in [0.5, 0.6) is 11.5 Å². The fourth-order valence-electron chi connectivity index (χ4n) is 3.72. The van der Waals surface area contributed by atoms with Crippen LogP contribution in [0.2, 0.25) is 0 Å². The second-order valence-corrected chi connectivity index (χ2v) is 8.47. The molecule has 0 aliphatic rings. The SMILES string of the molecule is CCCCCc1ccc(C(F)(F)Oc2ccc(CCc3cc(F)c(OC(F)(F)F)c(F)c3)cc2)c(F)c1. The number of hydrogen-bond acceptors (Lipinski definition) is 2. The fraction of sp³-hybridized carbons (Fsp3) is 0.333. The second-order valence-electron chi connectivity index (χ2n) is 8.47. The molecular weight excluding hydrogens is 508 g/mol. The topological polar surface area (TPSA) is 18.5 Å². The Hall–Kier alpha value is -3.30. The average Bonchev–Trinajstić information content (AvgIpc) is 2.80. The molecule has 0 unspecified atom stereocenters. The Balaban J connectivity index is 1.62. The quantitative estimate of drug-likeness (QED) is 0.182. The van der Waals surface area contributed by atoms with Crippen LogP contribution in [-0.4, -0.2) is 6.36 Å². The molecular formula is C27H24F8O2. The van der Waals surface area contributed by atoms with E-state index >= 15 is 0 Å². The summed E-state index contributed by atoms with van der Waals surface area (Å²) in [6.07, 6.45) is -5.57. The van der Waals surface area contributed by atoms with E-state index in [1.165, 1.54) is 30.3 Å². The highest BCUT2D eigenvalue weighted by atomic mass is 19.4. The molecule has 0 aromatic heterocycles. The number of halogens is 8. The maximum Gasteiger partial charge on any atom is 0.573 e. The van der Waals surface area contributed by atoms with Gasteiger partial charge in [0.15, 0.2) is 11.6 Å². The van der Waals surface area contributed by atoms with Crippen molar-refractivity contribution >= 4 is 0 Å². The average molecular weight is 532 g/mol. The molecule has 3 aromatic rings. The molecule has 0 N–H and O–H groups in total. The van der Waals surface area contributed by atoms with Crippen molar-refractivity contribution in [3.63, 3.8) is 0 Å². The van der Waals surface area contributed by atoms with E-state index in [0.717, 1.165) is 43.5 Å². The molecule has 0 bridgehead atoms. The van der Waals surface area contributed by atoms with Gasteiger partial charge in [0, 0.05) is 0 Å². The summed E-state index contributed by atoms with van der Waals surface area (Å²) >= 11 is 0. The summed E-state index contributed by atoms with van der Waals surface area (Å²) in [4.78, 5) is 0. The molecule has 0 saturated carbocycles. The van der Waals surface area contributed by atoms with E-state index in [2.05, 4.69) is 4.74 Å². The first-order chi connectivity index (χ1) is 17.4. The van der Waals surface area contributed by atoms with Crippen LogP contribution < -0.4 is 9.47 Å². The van der Waals surface area contributed by atoms with E-state index in [1.54, 1.807) is 0 Å². The summed E-state index contributed by atoms with van der Waals surface area (Å²) in [6.45, 7) is 2.02. The summed E-state index contributed by atoms with van der Waals surface area (Å²) in [7, 11) is 0. The van der Waals surface area contributed by atoms with Crippen molar-refractivity contribution in [2.24, 2.45) is 0 Å². The smallest absolute Gasteiger partial charge is 0.429 e. The van der Waals surface area contributed by atoms with Crippen molar-refractivity contribution in [2.45, 2.75) is 57.9 Å². The third kappa shape index (κ3) is 8.10. The molecule has 200 valence electrons. The fourth-order valence-corrected chi connectivity index (χ4v) is 3.72. The van der Waals surface area contributed by atoms with E-state index in [-0.39, 0.29) is 24.2 Å². The Morgan fingerprint density at radius 2 is 1.19 bits per heavy atom. The maximum absolute atomic E-state index is 14.6. The summed E-state index contributed by atoms with van der Waals surface area (Å²) in [5, 5.41) is 0. The first kappa shape index (κ1) is 28.3. The van der Waals surface area contributed by atoms with E-state index in [0.29, 0.717) is 17.5 Å². The van der Waals surface area contributed by atoms with Gasteiger partial charge in [-0.2, -0.15) is 8.78 Å². The van der Waals surface area contributed by atoms with Gasteiger partial charge < -0.3 is 9.47 Å². The van der Waals surface area contributed by atoms with Gasteiger partial charge in [0.25, 0.3) is 0 Å². The van der Waals surface area contributed by atoms with E-state index in [1.807, 2.05) is 6.92 Å². The van der Waals surface area contributed by atoms with Crippen LogP contribution in [0.15, 0.2) is 54.6 Å². The molecule has 2 nitrogen and oxygen atoms in total. The largest absolute Gasteiger partial charge is 0.573 e. The van der Waals surface area contributed by atoms with Gasteiger partial charge in [-0.05, 0) is 78.8 Å². The summed E-state index contributed by atoms with van der Waals surface area (Å²) < 4.78 is 116. The van der Waals surface area contributed by atoms with Crippen molar-refractivity contribution < 1.29 is 44.6 Å². The lowest BCUT2D eigenvalue weighted by Gasteiger charge is -2.19. The third-order valence-electron chi connectivity index (χ3n) is 5.56. The Morgan fingerprint density at radius 1 is 0.622 bits per heavy atom. The zero-order valence-electron chi connectivity index (χ0n) is 19.8. The predicted molar refractivity (Wildman–Crippen MR) is 121 cm³/mol. The Kier molecular flexibility index (Phi) is 9.04. The van der Waals surface area contributed by atoms with Gasteiger partial charge in [-0.3, -0.25) is 0 Å². The molecule has 3 rings (SSSR count). The number of alkyl halides is 5. The molecule has 0 radical (unpaired) electrons. The molecule has 0 aliphatic heterocycles. The maximum atomic E-state index is 14.6. The van der Waals surface area contributed by atoms with Crippen LogP contribution in [0.25, 0.3) is 0 Å². The normalized spacial score (nSPS) is 12.0. The van der Waals surface area contributed by atoms with Crippen LogP contribution in [0.3, 0.4) is 0 Å². The van der Waals surface area contributed by atoms with Crippen LogP contribution in [0, 0.1) is 17.5 Å². The molecule has 0 saturated heterocycles. The Bertz CT molecular complexity index is 1170. The number of unbranched alkanes of at least 4 members (excludes halogenated alkanes) is 2. The molecule has 0 spiro atoms. The minimum atomic E-state index is -5.24. The lowest BCUT2D eigenvalue weighted by atomic mass is 10.0. The summed E-state index contributed by atoms with van der Waals surface area (Å²) in [6, 6.07) is 10.3. The van der Waals surface area contributed by atoms with Crippen LogP contribution in [0.1, 0.15) is 48.4 Å². The molecule has 0 atom stereocenters. The number of benzene rings is 3. The van der Waals surface area contributed by atoms with Crippen molar-refractivity contribution in [3.05, 3.63) is 94.3 Å². The number of ether oxygens (including phenoxy) is 2. The van der Waals surface area contributed by atoms with Crippen molar-refractivity contribution in [3.8, 4) is 11.5 Å². The van der Waals surface area contributed by atoms with Gasteiger partial charge in [-0.25, -0.2) is 13.2 Å². The van der Waals surface area contributed by atoms with Crippen molar-refractivity contribution in [1.29, 1.82) is 0 Å². The van der Waals surface area contributed by atoms with Gasteiger partial charge in [-0.1, -0.05) is 38.0 Å². The van der Waals surface area contributed by atoms with E-state index < -0.39 is 41.2 Å². The minimum Gasteiger partial charge on any atom is -0.429 e. The van der Waals surface area contributed by atoms with E-state index in [4.69, 9.17) is 4.74 Å². The first-order valence-electron chi connectivity index (χ1n) is 11.6.